The van der Waals surface area contributed by atoms with Crippen molar-refractivity contribution in [3.8, 4) is 11.5 Å². The van der Waals surface area contributed by atoms with Crippen LogP contribution in [0.4, 0.5) is 4.39 Å². The quantitative estimate of drug-likeness (QED) is 0.602. The maximum Gasteiger partial charge on any atom is 0.187 e. The van der Waals surface area contributed by atoms with Gasteiger partial charge >= 0.3 is 0 Å². The highest BCUT2D eigenvalue weighted by molar-refractivity contribution is 9.10. The summed E-state index contributed by atoms with van der Waals surface area (Å²) in [4.78, 5) is 16.5. The van der Waals surface area contributed by atoms with Crippen LogP contribution in [0.1, 0.15) is 17.2 Å². The van der Waals surface area contributed by atoms with Crippen LogP contribution in [-0.4, -0.2) is 39.9 Å². The summed E-state index contributed by atoms with van der Waals surface area (Å²) in [5, 5.41) is 0. The van der Waals surface area contributed by atoms with E-state index in [-0.39, 0.29) is 18.1 Å². The van der Waals surface area contributed by atoms with E-state index in [2.05, 4.69) is 20.9 Å². The van der Waals surface area contributed by atoms with Crippen molar-refractivity contribution in [1.82, 2.24) is 0 Å². The molecule has 26 heavy (non-hydrogen) atoms. The maximum absolute atomic E-state index is 13.0. The van der Waals surface area contributed by atoms with Gasteiger partial charge in [-0.2, -0.15) is 0 Å². The third kappa shape index (κ3) is 4.89. The number of hydrogen-bond acceptors (Lipinski definition) is 5. The Labute approximate surface area is 159 Å². The summed E-state index contributed by atoms with van der Waals surface area (Å²) in [6.45, 7) is -0.0728. The lowest BCUT2D eigenvalue weighted by Gasteiger charge is -2.13. The van der Waals surface area contributed by atoms with Gasteiger partial charge < -0.3 is 14.2 Å². The number of ketones is 1. The van der Waals surface area contributed by atoms with E-state index in [0.717, 1.165) is 5.56 Å². The summed E-state index contributed by atoms with van der Waals surface area (Å²) in [7, 11) is 4.53. The van der Waals surface area contributed by atoms with Gasteiger partial charge in [-0.25, -0.2) is 4.39 Å². The van der Waals surface area contributed by atoms with Gasteiger partial charge in [0.2, 0.25) is 0 Å². The minimum atomic E-state index is -0.790. The Balaban J connectivity index is 2.11. The van der Waals surface area contributed by atoms with Crippen LogP contribution in [0.3, 0.4) is 0 Å². The third-order valence-electron chi connectivity index (χ3n) is 3.66. The van der Waals surface area contributed by atoms with Gasteiger partial charge in [-0.3, -0.25) is 9.79 Å². The minimum absolute atomic E-state index is 0.0728. The zero-order valence-corrected chi connectivity index (χ0v) is 16.2. The van der Waals surface area contributed by atoms with Crippen LogP contribution in [0.25, 0.3) is 0 Å². The van der Waals surface area contributed by atoms with Crippen LogP contribution in [0.15, 0.2) is 45.9 Å². The number of methoxy groups -OCH3 is 3. The Hall–Kier alpha value is -2.25. The Kier molecular flexibility index (Phi) is 7.29. The first-order chi connectivity index (χ1) is 12.5. The van der Waals surface area contributed by atoms with Crippen LogP contribution < -0.4 is 9.47 Å². The summed E-state index contributed by atoms with van der Waals surface area (Å²) in [5.41, 5.74) is 1.31. The summed E-state index contributed by atoms with van der Waals surface area (Å²) in [5.74, 6) is 0.593. The first kappa shape index (κ1) is 20.1. The molecule has 0 N–H and O–H groups in total. The van der Waals surface area contributed by atoms with E-state index in [1.54, 1.807) is 32.6 Å². The van der Waals surface area contributed by atoms with Gasteiger partial charge in [0.25, 0.3) is 0 Å². The molecular weight excluding hydrogens is 405 g/mol. The molecule has 5 nitrogen and oxygen atoms in total. The van der Waals surface area contributed by atoms with Crippen molar-refractivity contribution in [3.05, 3.63) is 57.8 Å². The summed E-state index contributed by atoms with van der Waals surface area (Å²) in [6, 6.07) is 9.17. The number of rotatable bonds is 8. The molecule has 0 radical (unpaired) electrons. The second-order valence-corrected chi connectivity index (χ2v) is 6.14. The highest BCUT2D eigenvalue weighted by atomic mass is 79.9. The van der Waals surface area contributed by atoms with Crippen LogP contribution in [-0.2, 0) is 9.53 Å². The number of ether oxygens (including phenoxy) is 3. The number of nitrogens with zero attached hydrogens (tertiary/aromatic N) is 1. The highest BCUT2D eigenvalue weighted by Gasteiger charge is 2.19. The van der Waals surface area contributed by atoms with Gasteiger partial charge in [-0.15, -0.1) is 0 Å². The fourth-order valence-corrected chi connectivity index (χ4v) is 2.93. The van der Waals surface area contributed by atoms with E-state index in [1.165, 1.54) is 31.4 Å². The third-order valence-corrected chi connectivity index (χ3v) is 4.44. The van der Waals surface area contributed by atoms with Crippen molar-refractivity contribution in [2.45, 2.75) is 6.10 Å². The fraction of sp³-hybridized carbons (Fsp3) is 0.263. The number of carbonyl (C=O) groups excluding carboxylic acids is 1. The zero-order chi connectivity index (χ0) is 19.1. The SMILES string of the molecule is COc1cc(C=NCC(=O)C(OC)c2ccc(F)cc2)cc(OC)c1Br. The predicted molar refractivity (Wildman–Crippen MR) is 101 cm³/mol. The molecule has 2 aromatic carbocycles. The standard InChI is InChI=1S/C19H19BrFNO4/c1-24-16-8-12(9-17(25-2)18(16)20)10-22-11-15(23)19(26-3)13-4-6-14(21)7-5-13/h4-10,19H,11H2,1-3H3. The second-order valence-electron chi connectivity index (χ2n) is 5.34. The molecule has 0 aliphatic rings. The Morgan fingerprint density at radius 2 is 1.73 bits per heavy atom. The number of aliphatic imine (C=N–C) groups is 1. The lowest BCUT2D eigenvalue weighted by atomic mass is 10.1. The molecule has 2 aromatic rings. The molecule has 0 heterocycles. The van der Waals surface area contributed by atoms with Crippen molar-refractivity contribution >= 4 is 27.9 Å². The fourth-order valence-electron chi connectivity index (χ4n) is 2.38. The van der Waals surface area contributed by atoms with E-state index in [4.69, 9.17) is 14.2 Å². The average molecular weight is 424 g/mol. The summed E-state index contributed by atoms with van der Waals surface area (Å²) < 4.78 is 29.5. The number of halogens is 2. The molecule has 0 aliphatic heterocycles. The molecule has 0 spiro atoms. The second kappa shape index (κ2) is 9.45. The van der Waals surface area contributed by atoms with Crippen molar-refractivity contribution < 1.29 is 23.4 Å². The number of carbonyl (C=O) groups is 1. The molecule has 1 atom stereocenters. The van der Waals surface area contributed by atoms with Gasteiger partial charge in [0, 0.05) is 13.3 Å². The van der Waals surface area contributed by atoms with Crippen molar-refractivity contribution in [2.24, 2.45) is 4.99 Å². The zero-order valence-electron chi connectivity index (χ0n) is 14.7. The molecule has 0 bridgehead atoms. The van der Waals surface area contributed by atoms with Gasteiger partial charge in [0.1, 0.15) is 34.4 Å². The van der Waals surface area contributed by atoms with E-state index in [1.807, 2.05) is 0 Å². The van der Waals surface area contributed by atoms with Crippen LogP contribution >= 0.6 is 15.9 Å². The van der Waals surface area contributed by atoms with Crippen LogP contribution in [0.2, 0.25) is 0 Å². The number of benzene rings is 2. The van der Waals surface area contributed by atoms with Crippen molar-refractivity contribution in [3.63, 3.8) is 0 Å². The van der Waals surface area contributed by atoms with E-state index < -0.39 is 6.10 Å². The van der Waals surface area contributed by atoms with Crippen molar-refractivity contribution in [1.29, 1.82) is 0 Å². The van der Waals surface area contributed by atoms with Gasteiger partial charge in [0.05, 0.1) is 14.2 Å². The molecule has 0 saturated heterocycles. The molecular formula is C19H19BrFNO4. The first-order valence-electron chi connectivity index (χ1n) is 7.72. The Morgan fingerprint density at radius 1 is 1.15 bits per heavy atom. The summed E-state index contributed by atoms with van der Waals surface area (Å²) >= 11 is 3.39. The molecule has 0 aliphatic carbocycles. The monoisotopic (exact) mass is 423 g/mol. The molecule has 0 saturated carbocycles. The van der Waals surface area contributed by atoms with Crippen LogP contribution in [0, 0.1) is 5.82 Å². The van der Waals surface area contributed by atoms with E-state index in [9.17, 15) is 9.18 Å². The van der Waals surface area contributed by atoms with Gasteiger partial charge in [-0.1, -0.05) is 12.1 Å². The molecule has 0 amide bonds. The van der Waals surface area contributed by atoms with E-state index in [0.29, 0.717) is 21.5 Å². The van der Waals surface area contributed by atoms with Gasteiger partial charge in [0.15, 0.2) is 5.78 Å². The Morgan fingerprint density at radius 3 is 2.23 bits per heavy atom. The average Bonchev–Trinajstić information content (AvgIpc) is 2.65. The summed E-state index contributed by atoms with van der Waals surface area (Å²) in [6.07, 6.45) is 0.772. The lowest BCUT2D eigenvalue weighted by Crippen LogP contribution is -2.17. The molecule has 1 unspecified atom stereocenters. The normalized spacial score (nSPS) is 12.2. The maximum atomic E-state index is 13.0. The largest absolute Gasteiger partial charge is 0.495 e. The highest BCUT2D eigenvalue weighted by Crippen LogP contribution is 2.35. The Bertz CT molecular complexity index is 768. The lowest BCUT2D eigenvalue weighted by molar-refractivity contribution is -0.127. The molecule has 7 heteroatoms. The predicted octanol–water partition coefficient (Wildman–Crippen LogP) is 3.98. The molecule has 2 rings (SSSR count). The smallest absolute Gasteiger partial charge is 0.187 e. The number of hydrogen-bond donors (Lipinski definition) is 0. The topological polar surface area (TPSA) is 57.1 Å². The molecule has 0 fully saturated rings. The molecule has 0 aromatic heterocycles. The number of Topliss-reactive ketones (excluding diaryl/α,β-unsaturated/α-hetero) is 1. The van der Waals surface area contributed by atoms with Gasteiger partial charge in [-0.05, 0) is 51.3 Å². The van der Waals surface area contributed by atoms with Crippen LogP contribution in [0.5, 0.6) is 11.5 Å². The van der Waals surface area contributed by atoms with Crippen molar-refractivity contribution in [2.75, 3.05) is 27.9 Å². The van der Waals surface area contributed by atoms with E-state index >= 15 is 0 Å². The molecule has 138 valence electrons. The first-order valence-corrected chi connectivity index (χ1v) is 8.51. The minimum Gasteiger partial charge on any atom is -0.495 e.